The van der Waals surface area contributed by atoms with Crippen molar-refractivity contribution in [1.82, 2.24) is 10.6 Å². The summed E-state index contributed by atoms with van der Waals surface area (Å²) < 4.78 is 10.6. The van der Waals surface area contributed by atoms with E-state index in [4.69, 9.17) is 9.47 Å². The molecule has 2 N–H and O–H groups in total. The van der Waals surface area contributed by atoms with Crippen LogP contribution < -0.4 is 10.6 Å². The third-order valence-corrected chi connectivity index (χ3v) is 4.53. The van der Waals surface area contributed by atoms with Crippen LogP contribution in [0.5, 0.6) is 0 Å². The average molecular weight is 328 g/mol. The van der Waals surface area contributed by atoms with Gasteiger partial charge in [0.05, 0.1) is 19.8 Å². The van der Waals surface area contributed by atoms with Crippen molar-refractivity contribution in [2.75, 3.05) is 26.8 Å². The van der Waals surface area contributed by atoms with E-state index in [0.717, 1.165) is 6.42 Å². The predicted molar refractivity (Wildman–Crippen MR) is 89.2 cm³/mol. The molecular weight excluding hydrogens is 296 g/mol. The van der Waals surface area contributed by atoms with E-state index in [1.165, 1.54) is 39.2 Å². The molecule has 23 heavy (non-hydrogen) atoms. The fourth-order valence-corrected chi connectivity index (χ4v) is 2.69. The lowest BCUT2D eigenvalue weighted by molar-refractivity contribution is -0.148. The van der Waals surface area contributed by atoms with Crippen molar-refractivity contribution in [3.05, 3.63) is 0 Å². The molecule has 0 unspecified atom stereocenters. The molecule has 1 atom stereocenters. The standard InChI is InChI=1S/C17H32N2O4/c1-4-17(2,16(21)22-3)19-13-15(20)18-11-8-12-23-14-9-6-5-7-10-14/h14,19H,4-13H2,1-3H3,(H,18,20)/t17-/m1/s1. The lowest BCUT2D eigenvalue weighted by Gasteiger charge is -2.26. The second-order valence-corrected chi connectivity index (χ2v) is 6.37. The van der Waals surface area contributed by atoms with E-state index in [-0.39, 0.29) is 18.4 Å². The highest BCUT2D eigenvalue weighted by Gasteiger charge is 2.32. The van der Waals surface area contributed by atoms with Crippen LogP contribution in [0.4, 0.5) is 0 Å². The first-order valence-corrected chi connectivity index (χ1v) is 8.73. The van der Waals surface area contributed by atoms with Crippen LogP contribution in [0.15, 0.2) is 0 Å². The summed E-state index contributed by atoms with van der Waals surface area (Å²) in [6.45, 7) is 5.00. The zero-order valence-corrected chi connectivity index (χ0v) is 14.8. The fraction of sp³-hybridized carbons (Fsp3) is 0.882. The SMILES string of the molecule is CC[C@@](C)(NCC(=O)NCCCOC1CCCCC1)C(=O)OC. The Morgan fingerprint density at radius 1 is 1.22 bits per heavy atom. The molecule has 0 aromatic rings. The van der Waals surface area contributed by atoms with Crippen LogP contribution in [0.3, 0.4) is 0 Å². The second kappa shape index (κ2) is 10.6. The third-order valence-electron chi connectivity index (χ3n) is 4.53. The first-order chi connectivity index (χ1) is 11.0. The predicted octanol–water partition coefficient (Wildman–Crippen LogP) is 1.77. The lowest BCUT2D eigenvalue weighted by Crippen LogP contribution is -2.52. The summed E-state index contributed by atoms with van der Waals surface area (Å²) in [6.07, 6.45) is 7.97. The van der Waals surface area contributed by atoms with Crippen LogP contribution in [0.25, 0.3) is 0 Å². The minimum atomic E-state index is -0.823. The molecule has 1 saturated carbocycles. The minimum Gasteiger partial charge on any atom is -0.468 e. The number of esters is 1. The van der Waals surface area contributed by atoms with Crippen molar-refractivity contribution in [1.29, 1.82) is 0 Å². The maximum absolute atomic E-state index is 11.8. The number of hydrogen-bond acceptors (Lipinski definition) is 5. The number of carbonyl (C=O) groups excluding carboxylic acids is 2. The van der Waals surface area contributed by atoms with Crippen molar-refractivity contribution in [3.63, 3.8) is 0 Å². The molecule has 6 heteroatoms. The summed E-state index contributed by atoms with van der Waals surface area (Å²) in [5.74, 6) is -0.472. The summed E-state index contributed by atoms with van der Waals surface area (Å²) in [4.78, 5) is 23.5. The maximum Gasteiger partial charge on any atom is 0.325 e. The normalized spacial score (nSPS) is 18.2. The first kappa shape index (κ1) is 19.9. The van der Waals surface area contributed by atoms with E-state index in [0.29, 0.717) is 25.7 Å². The molecule has 0 spiro atoms. The smallest absolute Gasteiger partial charge is 0.325 e. The van der Waals surface area contributed by atoms with Crippen molar-refractivity contribution in [2.45, 2.75) is 70.4 Å². The Morgan fingerprint density at radius 2 is 1.91 bits per heavy atom. The Kier molecular flexibility index (Phi) is 9.17. The topological polar surface area (TPSA) is 76.7 Å². The van der Waals surface area contributed by atoms with E-state index in [1.807, 2.05) is 6.92 Å². The molecule has 0 aromatic heterocycles. The molecule has 0 aromatic carbocycles. The van der Waals surface area contributed by atoms with Gasteiger partial charge in [0.15, 0.2) is 0 Å². The van der Waals surface area contributed by atoms with Gasteiger partial charge in [-0.1, -0.05) is 26.2 Å². The van der Waals surface area contributed by atoms with Gasteiger partial charge in [0, 0.05) is 13.2 Å². The van der Waals surface area contributed by atoms with Gasteiger partial charge in [-0.2, -0.15) is 0 Å². The van der Waals surface area contributed by atoms with Crippen LogP contribution >= 0.6 is 0 Å². The van der Waals surface area contributed by atoms with E-state index in [1.54, 1.807) is 6.92 Å². The number of nitrogens with one attached hydrogen (secondary N) is 2. The van der Waals surface area contributed by atoms with Crippen LogP contribution in [-0.4, -0.2) is 50.3 Å². The number of ether oxygens (including phenoxy) is 2. The molecule has 0 saturated heterocycles. The van der Waals surface area contributed by atoms with Crippen LogP contribution in [-0.2, 0) is 19.1 Å². The van der Waals surface area contributed by atoms with Gasteiger partial charge in [0.2, 0.25) is 5.91 Å². The average Bonchev–Trinajstić information content (AvgIpc) is 2.59. The highest BCUT2D eigenvalue weighted by molar-refractivity contribution is 5.82. The maximum atomic E-state index is 11.8. The highest BCUT2D eigenvalue weighted by atomic mass is 16.5. The summed E-state index contributed by atoms with van der Waals surface area (Å²) in [6, 6.07) is 0. The van der Waals surface area contributed by atoms with Crippen molar-refractivity contribution < 1.29 is 19.1 Å². The van der Waals surface area contributed by atoms with E-state index in [2.05, 4.69) is 10.6 Å². The Hall–Kier alpha value is -1.14. The molecule has 0 bridgehead atoms. The Labute approximate surface area is 139 Å². The van der Waals surface area contributed by atoms with E-state index < -0.39 is 5.54 Å². The molecule has 0 radical (unpaired) electrons. The van der Waals surface area contributed by atoms with Crippen molar-refractivity contribution in [2.24, 2.45) is 0 Å². The molecule has 1 aliphatic rings. The van der Waals surface area contributed by atoms with E-state index >= 15 is 0 Å². The fourth-order valence-electron chi connectivity index (χ4n) is 2.69. The van der Waals surface area contributed by atoms with Gasteiger partial charge in [-0.3, -0.25) is 14.9 Å². The molecule has 1 amide bonds. The zero-order chi connectivity index (χ0) is 17.1. The summed E-state index contributed by atoms with van der Waals surface area (Å²) >= 11 is 0. The van der Waals surface area contributed by atoms with Gasteiger partial charge in [-0.25, -0.2) is 0 Å². The lowest BCUT2D eigenvalue weighted by atomic mass is 9.98. The van der Waals surface area contributed by atoms with Crippen molar-refractivity contribution in [3.8, 4) is 0 Å². The van der Waals surface area contributed by atoms with Gasteiger partial charge in [-0.15, -0.1) is 0 Å². The largest absolute Gasteiger partial charge is 0.468 e. The molecule has 1 aliphatic carbocycles. The first-order valence-electron chi connectivity index (χ1n) is 8.73. The third kappa shape index (κ3) is 7.31. The summed E-state index contributed by atoms with van der Waals surface area (Å²) in [7, 11) is 1.35. The Morgan fingerprint density at radius 3 is 2.52 bits per heavy atom. The molecule has 0 aliphatic heterocycles. The number of methoxy groups -OCH3 is 1. The number of amides is 1. The van der Waals surface area contributed by atoms with Gasteiger partial charge >= 0.3 is 5.97 Å². The van der Waals surface area contributed by atoms with Crippen LogP contribution in [0, 0.1) is 0 Å². The summed E-state index contributed by atoms with van der Waals surface area (Å²) in [5, 5.41) is 5.81. The van der Waals surface area contributed by atoms with Gasteiger partial charge in [-0.05, 0) is 32.6 Å². The Bertz CT molecular complexity index is 370. The highest BCUT2D eigenvalue weighted by Crippen LogP contribution is 2.20. The van der Waals surface area contributed by atoms with Gasteiger partial charge < -0.3 is 14.8 Å². The van der Waals surface area contributed by atoms with Crippen LogP contribution in [0.1, 0.15) is 58.8 Å². The number of hydrogen-bond donors (Lipinski definition) is 2. The molecule has 0 heterocycles. The summed E-state index contributed by atoms with van der Waals surface area (Å²) in [5.41, 5.74) is -0.823. The monoisotopic (exact) mass is 328 g/mol. The van der Waals surface area contributed by atoms with E-state index in [9.17, 15) is 9.59 Å². The number of carbonyl (C=O) groups is 2. The van der Waals surface area contributed by atoms with Gasteiger partial charge in [0.25, 0.3) is 0 Å². The van der Waals surface area contributed by atoms with Crippen molar-refractivity contribution >= 4 is 11.9 Å². The minimum absolute atomic E-state index is 0.100. The second-order valence-electron chi connectivity index (χ2n) is 6.37. The quantitative estimate of drug-likeness (QED) is 0.472. The molecule has 134 valence electrons. The molecule has 1 fully saturated rings. The van der Waals surface area contributed by atoms with Gasteiger partial charge in [0.1, 0.15) is 5.54 Å². The Balaban J connectivity index is 2.10. The molecule has 6 nitrogen and oxygen atoms in total. The van der Waals surface area contributed by atoms with Crippen LogP contribution in [0.2, 0.25) is 0 Å². The molecular formula is C17H32N2O4. The molecule has 1 rings (SSSR count). The zero-order valence-electron chi connectivity index (χ0n) is 14.8. The number of rotatable bonds is 10.